The van der Waals surface area contributed by atoms with Gasteiger partial charge in [-0.1, -0.05) is 48.9 Å². The average Bonchev–Trinajstić information content (AvgIpc) is 2.71. The molecular weight excluding hydrogens is 371 g/mol. The fourth-order valence-electron chi connectivity index (χ4n) is 4.94. The lowest BCUT2D eigenvalue weighted by Gasteiger charge is -2.42. The van der Waals surface area contributed by atoms with Crippen LogP contribution in [0.2, 0.25) is 0 Å². The first kappa shape index (κ1) is 22.5. The molecule has 160 valence electrons. The minimum atomic E-state index is -0.498. The van der Waals surface area contributed by atoms with Gasteiger partial charge in [-0.25, -0.2) is 4.39 Å². The maximum atomic E-state index is 13.5. The molecular formula is C27H35FN2. The summed E-state index contributed by atoms with van der Waals surface area (Å²) in [5, 5.41) is 10.3. The first-order valence-electron chi connectivity index (χ1n) is 11.4. The van der Waals surface area contributed by atoms with E-state index >= 15 is 0 Å². The quantitative estimate of drug-likeness (QED) is 0.450. The van der Waals surface area contributed by atoms with E-state index in [9.17, 15) is 9.65 Å². The topological polar surface area (TPSA) is 27.0 Å². The smallest absolute Gasteiger partial charge is 0.123 e. The fourth-order valence-corrected chi connectivity index (χ4v) is 4.94. The van der Waals surface area contributed by atoms with E-state index in [0.29, 0.717) is 18.0 Å². The van der Waals surface area contributed by atoms with E-state index in [0.717, 1.165) is 44.2 Å². The maximum Gasteiger partial charge on any atom is 0.123 e. The van der Waals surface area contributed by atoms with Crippen LogP contribution in [0.3, 0.4) is 0 Å². The monoisotopic (exact) mass is 406 g/mol. The summed E-state index contributed by atoms with van der Waals surface area (Å²) in [4.78, 5) is 2.56. The lowest BCUT2D eigenvalue weighted by atomic mass is 9.60. The number of nitriles is 1. The molecule has 0 aromatic heterocycles. The van der Waals surface area contributed by atoms with Crippen LogP contribution in [0.25, 0.3) is 0 Å². The van der Waals surface area contributed by atoms with Crippen LogP contribution in [0.4, 0.5) is 4.39 Å². The first-order chi connectivity index (χ1) is 14.5. The molecule has 1 aliphatic rings. The Balaban J connectivity index is 1.71. The summed E-state index contributed by atoms with van der Waals surface area (Å²) in [5.74, 6) is 0.149. The van der Waals surface area contributed by atoms with Crippen molar-refractivity contribution in [2.45, 2.75) is 76.8 Å². The predicted molar refractivity (Wildman–Crippen MR) is 122 cm³/mol. The second-order valence-electron chi connectivity index (χ2n) is 9.17. The molecule has 3 heteroatoms. The third-order valence-corrected chi connectivity index (χ3v) is 7.05. The second-order valence-corrected chi connectivity index (χ2v) is 9.17. The molecule has 2 unspecified atom stereocenters. The van der Waals surface area contributed by atoms with Gasteiger partial charge in [0.15, 0.2) is 0 Å². The van der Waals surface area contributed by atoms with Gasteiger partial charge in [0.1, 0.15) is 5.82 Å². The summed E-state index contributed by atoms with van der Waals surface area (Å²) in [6, 6.07) is 20.8. The van der Waals surface area contributed by atoms with Crippen LogP contribution in [0.5, 0.6) is 0 Å². The van der Waals surface area contributed by atoms with Crippen molar-refractivity contribution in [1.29, 1.82) is 5.26 Å². The van der Waals surface area contributed by atoms with Gasteiger partial charge < -0.3 is 0 Å². The summed E-state index contributed by atoms with van der Waals surface area (Å²) < 4.78 is 13.5. The van der Waals surface area contributed by atoms with Crippen molar-refractivity contribution < 1.29 is 4.39 Å². The van der Waals surface area contributed by atoms with E-state index in [1.54, 1.807) is 0 Å². The van der Waals surface area contributed by atoms with Gasteiger partial charge in [0.2, 0.25) is 0 Å². The van der Waals surface area contributed by atoms with E-state index in [1.165, 1.54) is 24.1 Å². The van der Waals surface area contributed by atoms with Crippen LogP contribution in [-0.2, 0) is 11.8 Å². The summed E-state index contributed by atoms with van der Waals surface area (Å²) in [7, 11) is 0. The van der Waals surface area contributed by atoms with Gasteiger partial charge in [0.25, 0.3) is 0 Å². The molecule has 1 fully saturated rings. The van der Waals surface area contributed by atoms with E-state index in [-0.39, 0.29) is 5.82 Å². The van der Waals surface area contributed by atoms with Gasteiger partial charge in [-0.05, 0) is 82.1 Å². The molecule has 2 aromatic rings. The number of hydrogen-bond acceptors (Lipinski definition) is 2. The molecule has 0 aliphatic heterocycles. The zero-order valence-corrected chi connectivity index (χ0v) is 18.7. The summed E-state index contributed by atoms with van der Waals surface area (Å²) >= 11 is 0. The average molecular weight is 407 g/mol. The standard InChI is InChI=1S/C27H35FN2/c1-21(2)30(19-17-23-8-5-4-6-9-23)22(3)16-18-27(20-29,24-10-7-11-24)25-12-14-26(28)15-13-25/h4-6,8-9,12-15,21-22,24H,7,10-11,16-19H2,1-3H3. The largest absolute Gasteiger partial charge is 0.298 e. The van der Waals surface area contributed by atoms with Gasteiger partial charge in [0.05, 0.1) is 11.5 Å². The molecule has 2 nitrogen and oxygen atoms in total. The highest BCUT2D eigenvalue weighted by atomic mass is 19.1. The van der Waals surface area contributed by atoms with Gasteiger partial charge in [0, 0.05) is 18.6 Å². The zero-order chi connectivity index (χ0) is 21.6. The highest BCUT2D eigenvalue weighted by molar-refractivity contribution is 5.35. The lowest BCUT2D eigenvalue weighted by Crippen LogP contribution is -2.43. The highest BCUT2D eigenvalue weighted by Gasteiger charge is 2.43. The van der Waals surface area contributed by atoms with Crippen LogP contribution in [0.1, 0.15) is 64.0 Å². The fraction of sp³-hybridized carbons (Fsp3) is 0.519. The minimum Gasteiger partial charge on any atom is -0.298 e. The van der Waals surface area contributed by atoms with Crippen LogP contribution in [0, 0.1) is 23.1 Å². The Morgan fingerprint density at radius 1 is 1.07 bits per heavy atom. The summed E-state index contributed by atoms with van der Waals surface area (Å²) in [6.07, 6.45) is 6.22. The number of benzene rings is 2. The number of nitrogens with zero attached hydrogens (tertiary/aromatic N) is 2. The molecule has 3 rings (SSSR count). The Bertz CT molecular complexity index is 820. The minimum absolute atomic E-state index is 0.237. The number of hydrogen-bond donors (Lipinski definition) is 0. The van der Waals surface area contributed by atoms with Crippen molar-refractivity contribution in [3.63, 3.8) is 0 Å². The SMILES string of the molecule is CC(C)N(CCc1ccccc1)C(C)CCC(C#N)(c1ccc(F)cc1)C1CCC1. The predicted octanol–water partition coefficient (Wildman–Crippen LogP) is 6.51. The van der Waals surface area contributed by atoms with Gasteiger partial charge in [-0.3, -0.25) is 4.90 Å². The van der Waals surface area contributed by atoms with Gasteiger partial charge in [-0.15, -0.1) is 0 Å². The molecule has 2 aromatic carbocycles. The lowest BCUT2D eigenvalue weighted by molar-refractivity contribution is 0.134. The normalized spacial score (nSPS) is 17.4. The first-order valence-corrected chi connectivity index (χ1v) is 11.4. The molecule has 2 atom stereocenters. The van der Waals surface area contributed by atoms with Crippen LogP contribution in [0.15, 0.2) is 54.6 Å². The molecule has 0 heterocycles. The molecule has 0 saturated heterocycles. The Hall–Kier alpha value is -2.18. The molecule has 0 bridgehead atoms. The molecule has 0 spiro atoms. The highest BCUT2D eigenvalue weighted by Crippen LogP contribution is 2.47. The van der Waals surface area contributed by atoms with Crippen molar-refractivity contribution in [2.75, 3.05) is 6.54 Å². The molecule has 0 amide bonds. The Morgan fingerprint density at radius 3 is 2.27 bits per heavy atom. The van der Waals surface area contributed by atoms with E-state index in [4.69, 9.17) is 0 Å². The Labute approximate surface area is 181 Å². The Morgan fingerprint density at radius 2 is 1.73 bits per heavy atom. The maximum absolute atomic E-state index is 13.5. The number of rotatable bonds is 10. The van der Waals surface area contributed by atoms with Gasteiger partial charge in [-0.2, -0.15) is 5.26 Å². The van der Waals surface area contributed by atoms with Crippen molar-refractivity contribution in [2.24, 2.45) is 5.92 Å². The van der Waals surface area contributed by atoms with Crippen LogP contribution < -0.4 is 0 Å². The van der Waals surface area contributed by atoms with E-state index < -0.39 is 5.41 Å². The van der Waals surface area contributed by atoms with E-state index in [1.807, 2.05) is 12.1 Å². The van der Waals surface area contributed by atoms with Crippen LogP contribution in [-0.4, -0.2) is 23.5 Å². The molecule has 1 saturated carbocycles. The zero-order valence-electron chi connectivity index (χ0n) is 18.7. The van der Waals surface area contributed by atoms with Crippen LogP contribution >= 0.6 is 0 Å². The van der Waals surface area contributed by atoms with Crippen molar-refractivity contribution in [3.05, 3.63) is 71.5 Å². The number of halogens is 1. The van der Waals surface area contributed by atoms with E-state index in [2.05, 4.69) is 62.1 Å². The summed E-state index contributed by atoms with van der Waals surface area (Å²) in [5.41, 5.74) is 1.86. The third-order valence-electron chi connectivity index (χ3n) is 7.05. The Kier molecular flexibility index (Phi) is 7.67. The van der Waals surface area contributed by atoms with Crippen molar-refractivity contribution in [1.82, 2.24) is 4.90 Å². The van der Waals surface area contributed by atoms with Gasteiger partial charge >= 0.3 is 0 Å². The molecule has 30 heavy (non-hydrogen) atoms. The molecule has 1 aliphatic carbocycles. The summed E-state index contributed by atoms with van der Waals surface area (Å²) in [6.45, 7) is 7.82. The molecule has 0 radical (unpaired) electrons. The third kappa shape index (κ3) is 5.10. The molecule has 0 N–H and O–H groups in total. The van der Waals surface area contributed by atoms with Crippen molar-refractivity contribution >= 4 is 0 Å². The van der Waals surface area contributed by atoms with Crippen molar-refractivity contribution in [3.8, 4) is 6.07 Å². The second kappa shape index (κ2) is 10.2.